The van der Waals surface area contributed by atoms with Crippen molar-refractivity contribution in [2.45, 2.75) is 6.42 Å². The molecule has 86 valence electrons. The summed E-state index contributed by atoms with van der Waals surface area (Å²) in [5, 5.41) is 9.09. The second-order valence-electron chi connectivity index (χ2n) is 3.77. The zero-order valence-electron chi connectivity index (χ0n) is 9.06. The lowest BCUT2D eigenvalue weighted by atomic mass is 10.00. The maximum Gasteiger partial charge on any atom is 0.335 e. The summed E-state index contributed by atoms with van der Waals surface area (Å²) in [4.78, 5) is 11.1. The van der Waals surface area contributed by atoms with Crippen LogP contribution in [0.2, 0.25) is 0 Å². The lowest BCUT2D eigenvalue weighted by Crippen LogP contribution is -2.02. The van der Waals surface area contributed by atoms with Crippen molar-refractivity contribution >= 4 is 28.6 Å². The van der Waals surface area contributed by atoms with Crippen LogP contribution in [0.1, 0.15) is 21.5 Å². The smallest absolute Gasteiger partial charge is 0.335 e. The topological polar surface area (TPSA) is 37.3 Å². The van der Waals surface area contributed by atoms with E-state index < -0.39 is 5.97 Å². The van der Waals surface area contributed by atoms with Gasteiger partial charge < -0.3 is 5.11 Å². The van der Waals surface area contributed by atoms with E-state index >= 15 is 0 Å². The summed E-state index contributed by atoms with van der Waals surface area (Å²) < 4.78 is 1.18. The summed E-state index contributed by atoms with van der Waals surface area (Å²) >= 11 is 2.25. The highest BCUT2D eigenvalue weighted by molar-refractivity contribution is 14.1. The molecule has 2 aromatic rings. The van der Waals surface area contributed by atoms with Gasteiger partial charge in [0.05, 0.1) is 5.56 Å². The van der Waals surface area contributed by atoms with E-state index in [1.165, 1.54) is 3.57 Å². The third-order valence-corrected chi connectivity index (χ3v) is 3.27. The minimum atomic E-state index is -0.869. The molecule has 1 N–H and O–H groups in total. The van der Waals surface area contributed by atoms with Crippen molar-refractivity contribution in [1.29, 1.82) is 0 Å². The van der Waals surface area contributed by atoms with E-state index in [0.29, 0.717) is 12.0 Å². The molecule has 0 atom stereocenters. The van der Waals surface area contributed by atoms with Gasteiger partial charge in [-0.2, -0.15) is 0 Å². The average Bonchev–Trinajstić information content (AvgIpc) is 2.32. The fraction of sp³-hybridized carbons (Fsp3) is 0.0714. The van der Waals surface area contributed by atoms with Gasteiger partial charge in [0.1, 0.15) is 0 Å². The van der Waals surface area contributed by atoms with Crippen LogP contribution in [0.25, 0.3) is 0 Å². The number of halogens is 1. The van der Waals surface area contributed by atoms with Crippen LogP contribution in [-0.2, 0) is 6.42 Å². The van der Waals surface area contributed by atoms with E-state index in [2.05, 4.69) is 22.6 Å². The molecular weight excluding hydrogens is 327 g/mol. The van der Waals surface area contributed by atoms with E-state index in [0.717, 1.165) is 11.1 Å². The van der Waals surface area contributed by atoms with E-state index in [-0.39, 0.29) is 0 Å². The highest BCUT2D eigenvalue weighted by Gasteiger charge is 2.08. The van der Waals surface area contributed by atoms with Gasteiger partial charge in [0, 0.05) is 3.57 Å². The molecule has 0 unspecified atom stereocenters. The number of hydrogen-bond acceptors (Lipinski definition) is 1. The van der Waals surface area contributed by atoms with Gasteiger partial charge in [-0.1, -0.05) is 30.3 Å². The van der Waals surface area contributed by atoms with Crippen LogP contribution < -0.4 is 0 Å². The number of carboxylic acids is 1. The monoisotopic (exact) mass is 338 g/mol. The molecule has 0 aliphatic heterocycles. The molecule has 0 aromatic heterocycles. The molecule has 0 fully saturated rings. The van der Waals surface area contributed by atoms with Crippen molar-refractivity contribution in [3.8, 4) is 0 Å². The minimum Gasteiger partial charge on any atom is -0.478 e. The molecule has 3 heteroatoms. The van der Waals surface area contributed by atoms with Crippen LogP contribution >= 0.6 is 22.6 Å². The first-order valence-corrected chi connectivity index (χ1v) is 6.30. The minimum absolute atomic E-state index is 0.381. The highest BCUT2D eigenvalue weighted by atomic mass is 127. The number of carboxylic acid groups (broad SMARTS) is 1. The Kier molecular flexibility index (Phi) is 3.78. The summed E-state index contributed by atoms with van der Waals surface area (Å²) in [6.07, 6.45) is 0.652. The number of hydrogen-bond donors (Lipinski definition) is 1. The van der Waals surface area contributed by atoms with Crippen LogP contribution in [0, 0.1) is 3.57 Å². The van der Waals surface area contributed by atoms with Crippen LogP contribution in [0.4, 0.5) is 0 Å². The lowest BCUT2D eigenvalue weighted by Gasteiger charge is -2.06. The zero-order chi connectivity index (χ0) is 12.3. The Morgan fingerprint density at radius 1 is 1.06 bits per heavy atom. The van der Waals surface area contributed by atoms with E-state index in [4.69, 9.17) is 5.11 Å². The Balaban J connectivity index is 2.30. The van der Waals surface area contributed by atoms with Gasteiger partial charge in [-0.05, 0) is 58.3 Å². The van der Waals surface area contributed by atoms with Crippen LogP contribution in [-0.4, -0.2) is 11.1 Å². The highest BCUT2D eigenvalue weighted by Crippen LogP contribution is 2.15. The fourth-order valence-electron chi connectivity index (χ4n) is 1.71. The second kappa shape index (κ2) is 5.31. The molecule has 0 saturated carbocycles. The first kappa shape index (κ1) is 12.1. The Bertz CT molecular complexity index is 532. The van der Waals surface area contributed by atoms with Crippen molar-refractivity contribution in [2.75, 3.05) is 0 Å². The third-order valence-electron chi connectivity index (χ3n) is 2.56. The van der Waals surface area contributed by atoms with Gasteiger partial charge in [0.25, 0.3) is 0 Å². The van der Waals surface area contributed by atoms with Crippen molar-refractivity contribution in [2.24, 2.45) is 0 Å². The number of carbonyl (C=O) groups is 1. The molecule has 0 aliphatic carbocycles. The zero-order valence-corrected chi connectivity index (χ0v) is 11.2. The second-order valence-corrected chi connectivity index (χ2v) is 5.01. The van der Waals surface area contributed by atoms with Gasteiger partial charge in [-0.3, -0.25) is 0 Å². The largest absolute Gasteiger partial charge is 0.478 e. The van der Waals surface area contributed by atoms with E-state index in [1.54, 1.807) is 12.1 Å². The van der Waals surface area contributed by atoms with Crippen LogP contribution in [0.15, 0.2) is 48.5 Å². The predicted molar refractivity (Wildman–Crippen MR) is 75.4 cm³/mol. The Morgan fingerprint density at radius 3 is 2.35 bits per heavy atom. The van der Waals surface area contributed by atoms with Crippen molar-refractivity contribution in [3.63, 3.8) is 0 Å². The molecule has 2 nitrogen and oxygen atoms in total. The van der Waals surface area contributed by atoms with Gasteiger partial charge in [-0.15, -0.1) is 0 Å². The number of benzene rings is 2. The Hall–Kier alpha value is -1.36. The first-order valence-electron chi connectivity index (χ1n) is 5.22. The molecule has 0 saturated heterocycles. The maximum absolute atomic E-state index is 11.1. The summed E-state index contributed by atoms with van der Waals surface area (Å²) in [5.41, 5.74) is 2.35. The molecule has 17 heavy (non-hydrogen) atoms. The summed E-state index contributed by atoms with van der Waals surface area (Å²) in [5.74, 6) is -0.869. The maximum atomic E-state index is 11.1. The van der Waals surface area contributed by atoms with Crippen molar-refractivity contribution in [3.05, 3.63) is 68.8 Å². The van der Waals surface area contributed by atoms with Crippen molar-refractivity contribution in [1.82, 2.24) is 0 Å². The summed E-state index contributed by atoms with van der Waals surface area (Å²) in [6, 6.07) is 15.2. The standard InChI is InChI=1S/C14H11IO2/c15-12-7-5-10(6-8-12)9-11-3-1-2-4-13(11)14(16)17/h1-8H,9H2,(H,16,17). The summed E-state index contributed by atoms with van der Waals surface area (Å²) in [7, 11) is 0. The normalized spacial score (nSPS) is 10.2. The molecule has 0 heterocycles. The first-order chi connectivity index (χ1) is 8.16. The SMILES string of the molecule is O=C(O)c1ccccc1Cc1ccc(I)cc1. The van der Waals surface area contributed by atoms with Gasteiger partial charge in [0.2, 0.25) is 0 Å². The quantitative estimate of drug-likeness (QED) is 0.869. The predicted octanol–water partition coefficient (Wildman–Crippen LogP) is 3.58. The molecule has 0 spiro atoms. The Morgan fingerprint density at radius 2 is 1.71 bits per heavy atom. The van der Waals surface area contributed by atoms with Gasteiger partial charge >= 0.3 is 5.97 Å². The van der Waals surface area contributed by atoms with Crippen LogP contribution in [0.5, 0.6) is 0 Å². The number of rotatable bonds is 3. The molecular formula is C14H11IO2. The molecule has 2 aromatic carbocycles. The molecule has 0 radical (unpaired) electrons. The molecule has 0 aliphatic rings. The fourth-order valence-corrected chi connectivity index (χ4v) is 2.06. The molecule has 0 bridgehead atoms. The number of aromatic carboxylic acids is 1. The Labute approximate surface area is 113 Å². The van der Waals surface area contributed by atoms with E-state index in [1.807, 2.05) is 36.4 Å². The molecule has 2 rings (SSSR count). The van der Waals surface area contributed by atoms with Gasteiger partial charge in [-0.25, -0.2) is 4.79 Å². The lowest BCUT2D eigenvalue weighted by molar-refractivity contribution is 0.0696. The van der Waals surface area contributed by atoms with Crippen LogP contribution in [0.3, 0.4) is 0 Å². The van der Waals surface area contributed by atoms with E-state index in [9.17, 15) is 4.79 Å². The van der Waals surface area contributed by atoms with Gasteiger partial charge in [0.15, 0.2) is 0 Å². The third kappa shape index (κ3) is 3.06. The van der Waals surface area contributed by atoms with Crippen molar-refractivity contribution < 1.29 is 9.90 Å². The average molecular weight is 338 g/mol. The molecule has 0 amide bonds. The summed E-state index contributed by atoms with van der Waals surface area (Å²) in [6.45, 7) is 0.